The minimum Gasteiger partial charge on any atom is -0.467 e. The second kappa shape index (κ2) is 12.3. The molecule has 3 rings (SSSR count). The van der Waals surface area contributed by atoms with Gasteiger partial charge in [-0.25, -0.2) is 14.6 Å². The number of fused-ring (bicyclic) bond motifs is 1. The molecule has 2 atom stereocenters. The van der Waals surface area contributed by atoms with Gasteiger partial charge in [-0.15, -0.1) is 0 Å². The molecule has 2 amide bonds. The number of amides is 2. The predicted molar refractivity (Wildman–Crippen MR) is 122 cm³/mol. The largest absolute Gasteiger partial charge is 0.467 e. The molecule has 0 unspecified atom stereocenters. The van der Waals surface area contributed by atoms with Gasteiger partial charge in [-0.1, -0.05) is 42.5 Å². The molecule has 2 aromatic carbocycles. The van der Waals surface area contributed by atoms with Crippen molar-refractivity contribution in [1.82, 2.24) is 20.6 Å². The van der Waals surface area contributed by atoms with Crippen LogP contribution in [0.2, 0.25) is 0 Å². The number of aliphatic hydroxyl groups is 1. The fourth-order valence-corrected chi connectivity index (χ4v) is 3.15. The number of aliphatic hydroxyl groups excluding tert-OH is 1. The zero-order valence-corrected chi connectivity index (χ0v) is 18.6. The number of esters is 1. The van der Waals surface area contributed by atoms with E-state index < -0.39 is 30.1 Å². The highest BCUT2D eigenvalue weighted by Crippen LogP contribution is 2.10. The number of nitrogens with zero attached hydrogens (tertiary/aromatic N) is 2. The minimum atomic E-state index is -1.18. The molecule has 0 bridgehead atoms. The highest BCUT2D eigenvalue weighted by molar-refractivity contribution is 5.85. The molecule has 0 saturated heterocycles. The summed E-state index contributed by atoms with van der Waals surface area (Å²) in [4.78, 5) is 45.1. The molecular formula is C24H26N4O6. The van der Waals surface area contributed by atoms with Crippen LogP contribution in [0.3, 0.4) is 0 Å². The number of aromatic nitrogens is 2. The molecule has 0 aliphatic carbocycles. The smallest absolute Gasteiger partial charge is 0.407 e. The van der Waals surface area contributed by atoms with Crippen molar-refractivity contribution in [2.24, 2.45) is 0 Å². The highest BCUT2D eigenvalue weighted by atomic mass is 16.5. The Balaban J connectivity index is 1.47. The maximum atomic E-state index is 12.4. The van der Waals surface area contributed by atoms with Crippen LogP contribution in [0.1, 0.15) is 17.7 Å². The molecule has 0 radical (unpaired) electrons. The molecule has 0 spiro atoms. The zero-order chi connectivity index (χ0) is 24.3. The molecule has 0 fully saturated rings. The van der Waals surface area contributed by atoms with E-state index in [1.165, 1.54) is 13.3 Å². The molecule has 0 saturated carbocycles. The molecular weight excluding hydrogens is 440 g/mol. The summed E-state index contributed by atoms with van der Waals surface area (Å²) < 4.78 is 9.84. The summed E-state index contributed by atoms with van der Waals surface area (Å²) in [5.41, 5.74) is 2.69. The molecule has 34 heavy (non-hydrogen) atoms. The average Bonchev–Trinajstić information content (AvgIpc) is 2.85. The highest BCUT2D eigenvalue weighted by Gasteiger charge is 2.24. The van der Waals surface area contributed by atoms with Crippen LogP contribution in [0.4, 0.5) is 4.79 Å². The van der Waals surface area contributed by atoms with Crippen LogP contribution in [-0.4, -0.2) is 58.8 Å². The average molecular weight is 466 g/mol. The fraction of sp³-hybridized carbons (Fsp3) is 0.292. The van der Waals surface area contributed by atoms with Crippen molar-refractivity contribution in [3.8, 4) is 0 Å². The van der Waals surface area contributed by atoms with Crippen molar-refractivity contribution in [3.63, 3.8) is 0 Å². The Morgan fingerprint density at radius 2 is 1.74 bits per heavy atom. The number of benzene rings is 2. The van der Waals surface area contributed by atoms with E-state index in [9.17, 15) is 19.5 Å². The number of hydrogen-bond acceptors (Lipinski definition) is 8. The van der Waals surface area contributed by atoms with Crippen molar-refractivity contribution in [2.75, 3.05) is 13.7 Å². The topological polar surface area (TPSA) is 140 Å². The van der Waals surface area contributed by atoms with Gasteiger partial charge in [0.1, 0.15) is 12.6 Å². The third-order valence-electron chi connectivity index (χ3n) is 4.85. The molecule has 0 aliphatic heterocycles. The SMILES string of the molecule is COC(=O)[C@@H](Cc1cnc2ccccc2n1)NC(=O)C[C@H](O)CNC(=O)OCc1ccccc1. The van der Waals surface area contributed by atoms with Crippen molar-refractivity contribution in [2.45, 2.75) is 31.6 Å². The van der Waals surface area contributed by atoms with Crippen LogP contribution < -0.4 is 10.6 Å². The number of nitrogens with one attached hydrogen (secondary N) is 2. The van der Waals surface area contributed by atoms with Crippen LogP contribution in [0, 0.1) is 0 Å². The third-order valence-corrected chi connectivity index (χ3v) is 4.85. The van der Waals surface area contributed by atoms with E-state index in [0.29, 0.717) is 16.7 Å². The maximum Gasteiger partial charge on any atom is 0.407 e. The van der Waals surface area contributed by atoms with Gasteiger partial charge in [0.05, 0.1) is 36.4 Å². The lowest BCUT2D eigenvalue weighted by Crippen LogP contribution is -2.45. The number of carbonyl (C=O) groups excluding carboxylic acids is 3. The van der Waals surface area contributed by atoms with Gasteiger partial charge < -0.3 is 25.2 Å². The van der Waals surface area contributed by atoms with Crippen molar-refractivity contribution in [1.29, 1.82) is 0 Å². The van der Waals surface area contributed by atoms with E-state index in [1.807, 2.05) is 48.5 Å². The second-order valence-corrected chi connectivity index (χ2v) is 7.50. The van der Waals surface area contributed by atoms with Crippen LogP contribution in [0.25, 0.3) is 11.0 Å². The van der Waals surface area contributed by atoms with Gasteiger partial charge in [0.15, 0.2) is 0 Å². The van der Waals surface area contributed by atoms with Gasteiger partial charge >= 0.3 is 12.1 Å². The Bertz CT molecular complexity index is 1120. The van der Waals surface area contributed by atoms with Crippen molar-refractivity contribution in [3.05, 3.63) is 72.1 Å². The first kappa shape index (κ1) is 24.6. The molecule has 10 nitrogen and oxygen atoms in total. The van der Waals surface area contributed by atoms with Gasteiger partial charge in [0.25, 0.3) is 0 Å². The first-order chi connectivity index (χ1) is 16.4. The molecule has 0 aliphatic rings. The summed E-state index contributed by atoms with van der Waals surface area (Å²) >= 11 is 0. The van der Waals surface area contributed by atoms with Crippen LogP contribution in [-0.2, 0) is 32.1 Å². The summed E-state index contributed by atoms with van der Waals surface area (Å²) in [7, 11) is 1.22. The summed E-state index contributed by atoms with van der Waals surface area (Å²) in [5, 5.41) is 15.0. The quantitative estimate of drug-likeness (QED) is 0.382. The van der Waals surface area contributed by atoms with Crippen molar-refractivity contribution >= 4 is 29.0 Å². The Morgan fingerprint density at radius 1 is 1.03 bits per heavy atom. The summed E-state index contributed by atoms with van der Waals surface area (Å²) in [6.45, 7) is -0.109. The Hall–Kier alpha value is -4.05. The number of hydrogen-bond donors (Lipinski definition) is 3. The lowest BCUT2D eigenvalue weighted by atomic mass is 10.1. The van der Waals surface area contributed by atoms with Crippen molar-refractivity contribution < 1.29 is 29.0 Å². The third kappa shape index (κ3) is 7.52. The fourth-order valence-electron chi connectivity index (χ4n) is 3.15. The van der Waals surface area contributed by atoms with Gasteiger partial charge in [-0.3, -0.25) is 9.78 Å². The van der Waals surface area contributed by atoms with E-state index in [4.69, 9.17) is 9.47 Å². The predicted octanol–water partition coefficient (Wildman–Crippen LogP) is 1.51. The number of ether oxygens (including phenoxy) is 2. The zero-order valence-electron chi connectivity index (χ0n) is 18.6. The first-order valence-corrected chi connectivity index (χ1v) is 10.6. The maximum absolute atomic E-state index is 12.4. The van der Waals surface area contributed by atoms with Crippen LogP contribution >= 0.6 is 0 Å². The monoisotopic (exact) mass is 466 g/mol. The summed E-state index contributed by atoms with van der Waals surface area (Å²) in [6.07, 6.45) is -0.634. The van der Waals surface area contributed by atoms with Gasteiger partial charge in [0.2, 0.25) is 5.91 Å². The Kier molecular flexibility index (Phi) is 8.87. The van der Waals surface area contributed by atoms with Crippen LogP contribution in [0.5, 0.6) is 0 Å². The molecule has 3 aromatic rings. The van der Waals surface area contributed by atoms with Gasteiger partial charge in [-0.2, -0.15) is 0 Å². The second-order valence-electron chi connectivity index (χ2n) is 7.50. The number of alkyl carbamates (subject to hydrolysis) is 1. The number of carbonyl (C=O) groups is 3. The van der Waals surface area contributed by atoms with E-state index in [0.717, 1.165) is 5.56 Å². The Morgan fingerprint density at radius 3 is 2.47 bits per heavy atom. The van der Waals surface area contributed by atoms with E-state index in [1.54, 1.807) is 6.07 Å². The summed E-state index contributed by atoms with van der Waals surface area (Å²) in [6, 6.07) is 15.4. The molecule has 10 heteroatoms. The minimum absolute atomic E-state index is 0.0659. The molecule has 3 N–H and O–H groups in total. The standard InChI is InChI=1S/C24H26N4O6/c1-33-23(31)21(11-17-13-25-19-9-5-6-10-20(19)27-17)28-22(30)12-18(29)14-26-24(32)34-15-16-7-3-2-4-8-16/h2-10,13,18,21,29H,11-12,14-15H2,1H3,(H,26,32)(H,28,30)/t18-,21+/m0/s1. The molecule has 1 aromatic heterocycles. The van der Waals surface area contributed by atoms with E-state index in [-0.39, 0.29) is 26.0 Å². The number of para-hydroxylation sites is 2. The van der Waals surface area contributed by atoms with Gasteiger partial charge in [-0.05, 0) is 17.7 Å². The Labute approximate surface area is 196 Å². The van der Waals surface area contributed by atoms with Crippen LogP contribution in [0.15, 0.2) is 60.8 Å². The number of methoxy groups -OCH3 is 1. The van der Waals surface area contributed by atoms with E-state index >= 15 is 0 Å². The first-order valence-electron chi connectivity index (χ1n) is 10.6. The number of rotatable bonds is 10. The normalized spacial score (nSPS) is 12.4. The molecule has 1 heterocycles. The molecule has 178 valence electrons. The van der Waals surface area contributed by atoms with E-state index in [2.05, 4.69) is 20.6 Å². The summed E-state index contributed by atoms with van der Waals surface area (Å²) in [5.74, 6) is -1.24. The van der Waals surface area contributed by atoms with Gasteiger partial charge in [0, 0.05) is 19.2 Å². The lowest BCUT2D eigenvalue weighted by Gasteiger charge is -2.18. The lowest BCUT2D eigenvalue weighted by molar-refractivity contribution is -0.145.